The maximum atomic E-state index is 13.9. The predicted octanol–water partition coefficient (Wildman–Crippen LogP) is 4.90. The number of rotatable bonds is 5. The molecule has 2 aromatic carbocycles. The molecule has 32 heavy (non-hydrogen) atoms. The van der Waals surface area contributed by atoms with E-state index in [4.69, 9.17) is 0 Å². The maximum absolute atomic E-state index is 13.9. The summed E-state index contributed by atoms with van der Waals surface area (Å²) >= 11 is 0. The van der Waals surface area contributed by atoms with Crippen LogP contribution in [0.25, 0.3) is 0 Å². The first kappa shape index (κ1) is 22.3. The third-order valence-electron chi connectivity index (χ3n) is 7.97. The number of nitrogens with zero attached hydrogens (tertiary/aromatic N) is 2. The summed E-state index contributed by atoms with van der Waals surface area (Å²) in [6.45, 7) is 12.3. The number of benzene rings is 2. The number of hydrogen-bond acceptors (Lipinski definition) is 3. The maximum Gasteiger partial charge on any atom is 0.257 e. The molecular formula is C27H32N2O3. The lowest BCUT2D eigenvalue weighted by Crippen LogP contribution is -2.48. The van der Waals surface area contributed by atoms with Crippen LogP contribution in [0.5, 0.6) is 0 Å². The van der Waals surface area contributed by atoms with Gasteiger partial charge in [-0.3, -0.25) is 14.4 Å². The van der Waals surface area contributed by atoms with Crippen LogP contribution >= 0.6 is 0 Å². The molecule has 168 valence electrons. The van der Waals surface area contributed by atoms with Crippen molar-refractivity contribution in [2.75, 3.05) is 4.90 Å². The number of imide groups is 1. The summed E-state index contributed by atoms with van der Waals surface area (Å²) in [6.07, 6.45) is 0.00318. The number of hydrogen-bond donors (Lipinski definition) is 0. The van der Waals surface area contributed by atoms with Crippen molar-refractivity contribution in [1.82, 2.24) is 4.90 Å². The molecule has 1 aliphatic heterocycles. The molecule has 0 N–H and O–H groups in total. The Labute approximate surface area is 190 Å². The highest BCUT2D eigenvalue weighted by molar-refractivity contribution is 6.23. The number of aryl methyl sites for hydroxylation is 1. The van der Waals surface area contributed by atoms with E-state index in [0.29, 0.717) is 5.69 Å². The highest BCUT2D eigenvalue weighted by Gasteiger charge is 2.69. The van der Waals surface area contributed by atoms with Crippen LogP contribution in [0.2, 0.25) is 0 Å². The molecule has 1 saturated heterocycles. The third kappa shape index (κ3) is 3.35. The summed E-state index contributed by atoms with van der Waals surface area (Å²) in [4.78, 5) is 43.4. The van der Waals surface area contributed by atoms with Crippen molar-refractivity contribution in [1.29, 1.82) is 0 Å². The number of amides is 3. The van der Waals surface area contributed by atoms with E-state index < -0.39 is 6.04 Å². The van der Waals surface area contributed by atoms with Crippen LogP contribution in [-0.4, -0.2) is 28.7 Å². The minimum atomic E-state index is -0.807. The van der Waals surface area contributed by atoms with Crippen molar-refractivity contribution >= 4 is 23.4 Å². The first-order valence-electron chi connectivity index (χ1n) is 11.3. The summed E-state index contributed by atoms with van der Waals surface area (Å²) in [5.41, 5.74) is 2.23. The average molecular weight is 433 g/mol. The molecule has 1 heterocycles. The second-order valence-electron chi connectivity index (χ2n) is 10.3. The third-order valence-corrected chi connectivity index (χ3v) is 7.97. The van der Waals surface area contributed by atoms with Gasteiger partial charge < -0.3 is 4.90 Å². The first-order chi connectivity index (χ1) is 15.0. The van der Waals surface area contributed by atoms with Crippen LogP contribution in [0.1, 0.15) is 58.2 Å². The topological polar surface area (TPSA) is 57.7 Å². The molecule has 1 aliphatic carbocycles. The Morgan fingerprint density at radius 3 is 2.06 bits per heavy atom. The highest BCUT2D eigenvalue weighted by atomic mass is 16.2. The Morgan fingerprint density at radius 2 is 1.53 bits per heavy atom. The van der Waals surface area contributed by atoms with E-state index in [1.165, 1.54) is 4.90 Å². The van der Waals surface area contributed by atoms with Crippen molar-refractivity contribution in [3.05, 3.63) is 65.7 Å². The van der Waals surface area contributed by atoms with Crippen LogP contribution in [0.4, 0.5) is 5.69 Å². The molecule has 4 rings (SSSR count). The minimum absolute atomic E-state index is 0.00318. The lowest BCUT2D eigenvalue weighted by molar-refractivity contribution is -0.143. The van der Waals surface area contributed by atoms with Crippen LogP contribution in [-0.2, 0) is 14.4 Å². The van der Waals surface area contributed by atoms with Gasteiger partial charge in [0.2, 0.25) is 11.8 Å². The van der Waals surface area contributed by atoms with E-state index in [9.17, 15) is 14.4 Å². The van der Waals surface area contributed by atoms with Crippen molar-refractivity contribution < 1.29 is 14.4 Å². The van der Waals surface area contributed by atoms with E-state index >= 15 is 0 Å². The molecule has 0 bridgehead atoms. The van der Waals surface area contributed by atoms with Gasteiger partial charge in [-0.2, -0.15) is 0 Å². The zero-order chi connectivity index (χ0) is 23.4. The molecule has 2 aromatic rings. The zero-order valence-corrected chi connectivity index (χ0v) is 19.8. The van der Waals surface area contributed by atoms with E-state index in [1.54, 1.807) is 17.0 Å². The zero-order valence-electron chi connectivity index (χ0n) is 19.8. The summed E-state index contributed by atoms with van der Waals surface area (Å²) in [5.74, 6) is -0.840. The highest BCUT2D eigenvalue weighted by Crippen LogP contribution is 2.69. The van der Waals surface area contributed by atoms with E-state index in [2.05, 4.69) is 27.7 Å². The monoisotopic (exact) mass is 432 g/mol. The Kier molecular flexibility index (Phi) is 5.27. The minimum Gasteiger partial charge on any atom is -0.323 e. The largest absolute Gasteiger partial charge is 0.323 e. The Hall–Kier alpha value is -2.95. The normalized spacial score (nSPS) is 22.7. The number of carbonyl (C=O) groups is 3. The second kappa shape index (κ2) is 7.58. The van der Waals surface area contributed by atoms with Gasteiger partial charge in [0, 0.05) is 5.92 Å². The quantitative estimate of drug-likeness (QED) is 0.632. The van der Waals surface area contributed by atoms with E-state index in [1.807, 2.05) is 56.3 Å². The van der Waals surface area contributed by atoms with Crippen molar-refractivity contribution in [2.45, 2.75) is 60.0 Å². The number of carbonyl (C=O) groups excluding carboxylic acids is 3. The fourth-order valence-electron chi connectivity index (χ4n) is 5.27. The predicted molar refractivity (Wildman–Crippen MR) is 125 cm³/mol. The van der Waals surface area contributed by atoms with Crippen molar-refractivity contribution in [3.8, 4) is 0 Å². The van der Waals surface area contributed by atoms with Gasteiger partial charge in [-0.05, 0) is 42.4 Å². The van der Waals surface area contributed by atoms with Crippen LogP contribution in [0.15, 0.2) is 54.6 Å². The smallest absolute Gasteiger partial charge is 0.257 e. The standard InChI is InChI=1S/C27H32N2O3/c1-17-12-14-20(15-13-17)29-22(30)16-21(24(29)31)28(18(2)19-10-8-7-9-11-19)25(32)23-26(3,4)27(23,5)6/h7-15,18,21,23H,16H2,1-6H3. The van der Waals surface area contributed by atoms with E-state index in [-0.39, 0.29) is 46.9 Å². The summed E-state index contributed by atoms with van der Waals surface area (Å²) in [5, 5.41) is 0. The molecule has 5 nitrogen and oxygen atoms in total. The summed E-state index contributed by atoms with van der Waals surface area (Å²) in [7, 11) is 0. The van der Waals surface area contributed by atoms with Crippen molar-refractivity contribution in [2.24, 2.45) is 16.7 Å². The molecule has 3 amide bonds. The van der Waals surface area contributed by atoms with Crippen LogP contribution < -0.4 is 4.90 Å². The Morgan fingerprint density at radius 1 is 0.969 bits per heavy atom. The molecule has 5 heteroatoms. The van der Waals surface area contributed by atoms with Gasteiger partial charge in [0.25, 0.3) is 5.91 Å². The Bertz CT molecular complexity index is 1040. The molecule has 2 aliphatic rings. The summed E-state index contributed by atoms with van der Waals surface area (Å²) in [6, 6.07) is 15.9. The van der Waals surface area contributed by atoms with Gasteiger partial charge in [-0.15, -0.1) is 0 Å². The molecule has 2 unspecified atom stereocenters. The van der Waals surface area contributed by atoms with Crippen LogP contribution in [0, 0.1) is 23.7 Å². The summed E-state index contributed by atoms with van der Waals surface area (Å²) < 4.78 is 0. The van der Waals surface area contributed by atoms with Gasteiger partial charge in [0.15, 0.2) is 0 Å². The molecule has 2 fully saturated rings. The molecule has 0 radical (unpaired) electrons. The van der Waals surface area contributed by atoms with Crippen molar-refractivity contribution in [3.63, 3.8) is 0 Å². The lowest BCUT2D eigenvalue weighted by atomic mass is 10.0. The fraction of sp³-hybridized carbons (Fsp3) is 0.444. The van der Waals surface area contributed by atoms with Gasteiger partial charge in [-0.25, -0.2) is 4.90 Å². The van der Waals surface area contributed by atoms with E-state index in [0.717, 1.165) is 11.1 Å². The molecular weight excluding hydrogens is 400 g/mol. The molecule has 0 spiro atoms. The second-order valence-corrected chi connectivity index (χ2v) is 10.3. The van der Waals surface area contributed by atoms with Gasteiger partial charge in [-0.1, -0.05) is 75.7 Å². The number of anilines is 1. The molecule has 0 aromatic heterocycles. The van der Waals surface area contributed by atoms with Crippen LogP contribution in [0.3, 0.4) is 0 Å². The van der Waals surface area contributed by atoms with Gasteiger partial charge >= 0.3 is 0 Å². The van der Waals surface area contributed by atoms with Gasteiger partial charge in [0.05, 0.1) is 18.2 Å². The Balaban J connectivity index is 1.72. The molecule has 2 atom stereocenters. The SMILES string of the molecule is Cc1ccc(N2C(=O)CC(N(C(=O)C3C(C)(C)C3(C)C)C(C)c3ccccc3)C2=O)cc1. The molecule has 1 saturated carbocycles. The first-order valence-corrected chi connectivity index (χ1v) is 11.3. The fourth-order valence-corrected chi connectivity index (χ4v) is 5.27. The average Bonchev–Trinajstić information content (AvgIpc) is 2.98. The lowest BCUT2D eigenvalue weighted by Gasteiger charge is -2.34. The van der Waals surface area contributed by atoms with Gasteiger partial charge in [0.1, 0.15) is 6.04 Å².